The Kier molecular flexibility index (Phi) is 8.53. The number of ether oxygens (including phenoxy) is 1. The maximum absolute atomic E-state index is 12.9. The van der Waals surface area contributed by atoms with Gasteiger partial charge in [0.1, 0.15) is 5.75 Å². The number of rotatable bonds is 10. The van der Waals surface area contributed by atoms with Crippen molar-refractivity contribution >= 4 is 20.2 Å². The monoisotopic (exact) mass is 574 g/mol. The topological polar surface area (TPSA) is 116 Å². The Morgan fingerprint density at radius 2 is 1.08 bits per heavy atom. The second-order valence-electron chi connectivity index (χ2n) is 10.3. The van der Waals surface area contributed by atoms with Crippen molar-refractivity contribution in [3.05, 3.63) is 89.5 Å². The van der Waals surface area contributed by atoms with Gasteiger partial charge in [-0.15, -0.1) is 0 Å². The zero-order valence-corrected chi connectivity index (χ0v) is 23.9. The molecule has 1 fully saturated rings. The Morgan fingerprint density at radius 3 is 1.46 bits per heavy atom. The lowest BCUT2D eigenvalue weighted by molar-refractivity contribution is -0.0622. The summed E-state index contributed by atoms with van der Waals surface area (Å²) in [6.07, 6.45) is 1.09. The van der Waals surface area contributed by atoms with Gasteiger partial charge in [-0.3, -0.25) is 8.37 Å². The summed E-state index contributed by atoms with van der Waals surface area (Å²) in [5, 5.41) is 11.4. The van der Waals surface area contributed by atoms with Crippen LogP contribution >= 0.6 is 0 Å². The van der Waals surface area contributed by atoms with Crippen LogP contribution in [0.15, 0.2) is 82.6 Å². The largest absolute Gasteiger partial charge is 0.497 e. The Morgan fingerprint density at radius 1 is 0.667 bits per heavy atom. The van der Waals surface area contributed by atoms with Crippen LogP contribution in [-0.2, 0) is 34.2 Å². The summed E-state index contributed by atoms with van der Waals surface area (Å²) >= 11 is 0. The molecule has 0 unspecified atom stereocenters. The van der Waals surface area contributed by atoms with E-state index in [0.717, 1.165) is 11.1 Å². The zero-order valence-electron chi connectivity index (χ0n) is 22.3. The van der Waals surface area contributed by atoms with E-state index in [9.17, 15) is 21.9 Å². The van der Waals surface area contributed by atoms with Crippen LogP contribution in [0.25, 0.3) is 0 Å². The van der Waals surface area contributed by atoms with Crippen LogP contribution in [0.4, 0.5) is 0 Å². The van der Waals surface area contributed by atoms with Crippen LogP contribution in [0.2, 0.25) is 0 Å². The van der Waals surface area contributed by atoms with Gasteiger partial charge in [-0.2, -0.15) is 16.8 Å². The van der Waals surface area contributed by atoms with Crippen molar-refractivity contribution in [1.29, 1.82) is 0 Å². The van der Waals surface area contributed by atoms with Crippen molar-refractivity contribution in [3.8, 4) is 5.75 Å². The third-order valence-electron chi connectivity index (χ3n) is 7.43. The smallest absolute Gasteiger partial charge is 0.296 e. The molecule has 0 aromatic heterocycles. The first kappa shape index (κ1) is 29.2. The van der Waals surface area contributed by atoms with Crippen LogP contribution in [0, 0.1) is 19.3 Å². The van der Waals surface area contributed by atoms with Crippen LogP contribution in [-0.4, -0.2) is 42.3 Å². The highest BCUT2D eigenvalue weighted by Crippen LogP contribution is 2.47. The Balaban J connectivity index is 1.55. The SMILES string of the molecule is COc1ccc(C2(O)CCC(COS(=O)(=O)c3ccc(C)cc3)(COS(=O)(=O)c3ccc(C)cc3)CC2)cc1. The molecule has 0 amide bonds. The first-order valence-electron chi connectivity index (χ1n) is 12.7. The van der Waals surface area contributed by atoms with Crippen molar-refractivity contribution in [2.24, 2.45) is 5.41 Å². The van der Waals surface area contributed by atoms with Gasteiger partial charge in [0.05, 0.1) is 35.7 Å². The molecule has 0 heterocycles. The lowest BCUT2D eigenvalue weighted by Gasteiger charge is -2.43. The average Bonchev–Trinajstić information content (AvgIpc) is 2.93. The Bertz CT molecular complexity index is 1390. The highest BCUT2D eigenvalue weighted by atomic mass is 32.2. The van der Waals surface area contributed by atoms with E-state index in [1.54, 1.807) is 55.6 Å². The predicted molar refractivity (Wildman–Crippen MR) is 146 cm³/mol. The van der Waals surface area contributed by atoms with E-state index in [1.807, 2.05) is 13.8 Å². The molecule has 1 N–H and O–H groups in total. The molecule has 0 saturated heterocycles. The van der Waals surface area contributed by atoms with Crippen LogP contribution in [0.3, 0.4) is 0 Å². The molecular formula is C29H34O8S2. The normalized spacial score (nSPS) is 17.0. The van der Waals surface area contributed by atoms with E-state index in [2.05, 4.69) is 0 Å². The number of methoxy groups -OCH3 is 1. The molecule has 210 valence electrons. The summed E-state index contributed by atoms with van der Waals surface area (Å²) in [4.78, 5) is 0.0315. The molecule has 0 spiro atoms. The van der Waals surface area contributed by atoms with E-state index in [4.69, 9.17) is 13.1 Å². The third kappa shape index (κ3) is 6.88. The van der Waals surface area contributed by atoms with Gasteiger partial charge in [-0.25, -0.2) is 0 Å². The Labute approximate surface area is 230 Å². The minimum Gasteiger partial charge on any atom is -0.497 e. The lowest BCUT2D eigenvalue weighted by atomic mass is 9.67. The number of aliphatic hydroxyl groups is 1. The molecule has 4 rings (SSSR count). The molecule has 1 saturated carbocycles. The highest BCUT2D eigenvalue weighted by molar-refractivity contribution is 7.87. The van der Waals surface area contributed by atoms with Gasteiger partial charge < -0.3 is 9.84 Å². The summed E-state index contributed by atoms with van der Waals surface area (Å²) in [7, 11) is -6.63. The molecule has 0 aliphatic heterocycles. The van der Waals surface area contributed by atoms with Crippen LogP contribution in [0.5, 0.6) is 5.75 Å². The fraction of sp³-hybridized carbons (Fsp3) is 0.379. The Hall–Kier alpha value is -2.76. The van der Waals surface area contributed by atoms with E-state index in [-0.39, 0.29) is 48.7 Å². The quantitative estimate of drug-likeness (QED) is 0.341. The number of aryl methyl sites for hydroxylation is 2. The standard InChI is InChI=1S/C29H34O8S2/c1-22-4-12-26(13-5-22)38(31,32)36-20-28(21-37-39(33,34)27-14-6-23(2)7-15-27)16-18-29(30,19-17-28)24-8-10-25(35-3)11-9-24/h4-15,30H,16-21H2,1-3H3. The minimum absolute atomic E-state index is 0.0157. The number of benzene rings is 3. The van der Waals surface area contributed by atoms with Crippen molar-refractivity contribution in [1.82, 2.24) is 0 Å². The van der Waals surface area contributed by atoms with E-state index in [0.29, 0.717) is 11.3 Å². The molecule has 0 atom stereocenters. The van der Waals surface area contributed by atoms with Gasteiger partial charge in [-0.05, 0) is 81.5 Å². The molecule has 3 aromatic carbocycles. The molecule has 1 aliphatic carbocycles. The lowest BCUT2D eigenvalue weighted by Crippen LogP contribution is -2.43. The minimum atomic E-state index is -4.10. The molecular weight excluding hydrogens is 540 g/mol. The van der Waals surface area contributed by atoms with Crippen molar-refractivity contribution in [3.63, 3.8) is 0 Å². The second-order valence-corrected chi connectivity index (χ2v) is 13.5. The summed E-state index contributed by atoms with van der Waals surface area (Å²) < 4.78 is 68.0. The third-order valence-corrected chi connectivity index (χ3v) is 9.98. The summed E-state index contributed by atoms with van der Waals surface area (Å²) in [5.41, 5.74) is 0.393. The first-order chi connectivity index (χ1) is 18.4. The maximum atomic E-state index is 12.9. The second kappa shape index (κ2) is 11.4. The maximum Gasteiger partial charge on any atom is 0.296 e. The molecule has 1 aliphatic rings. The van der Waals surface area contributed by atoms with Crippen molar-refractivity contribution in [2.45, 2.75) is 54.9 Å². The van der Waals surface area contributed by atoms with E-state index >= 15 is 0 Å². The number of hydrogen-bond donors (Lipinski definition) is 1. The van der Waals surface area contributed by atoms with E-state index in [1.165, 1.54) is 24.3 Å². The fourth-order valence-corrected chi connectivity index (χ4v) is 6.69. The molecule has 3 aromatic rings. The van der Waals surface area contributed by atoms with Gasteiger partial charge >= 0.3 is 0 Å². The van der Waals surface area contributed by atoms with Crippen molar-refractivity contribution < 1.29 is 35.0 Å². The van der Waals surface area contributed by atoms with Gasteiger partial charge in [0.25, 0.3) is 20.2 Å². The van der Waals surface area contributed by atoms with Gasteiger partial charge in [0.15, 0.2) is 0 Å². The van der Waals surface area contributed by atoms with Crippen molar-refractivity contribution in [2.75, 3.05) is 20.3 Å². The fourth-order valence-electron chi connectivity index (χ4n) is 4.67. The van der Waals surface area contributed by atoms with Crippen LogP contribution in [0.1, 0.15) is 42.4 Å². The first-order valence-corrected chi connectivity index (χ1v) is 15.5. The molecule has 0 radical (unpaired) electrons. The summed E-state index contributed by atoms with van der Waals surface area (Å²) in [6.45, 7) is 3.13. The molecule has 10 heteroatoms. The highest BCUT2D eigenvalue weighted by Gasteiger charge is 2.45. The van der Waals surface area contributed by atoms with Gasteiger partial charge in [0, 0.05) is 5.41 Å². The predicted octanol–water partition coefficient (Wildman–Crippen LogP) is 4.87. The van der Waals surface area contributed by atoms with Gasteiger partial charge in [0.2, 0.25) is 0 Å². The summed E-state index contributed by atoms with van der Waals surface area (Å²) in [5.74, 6) is 0.664. The molecule has 39 heavy (non-hydrogen) atoms. The average molecular weight is 575 g/mol. The molecule has 0 bridgehead atoms. The van der Waals surface area contributed by atoms with Crippen LogP contribution < -0.4 is 4.74 Å². The van der Waals surface area contributed by atoms with Gasteiger partial charge in [-0.1, -0.05) is 47.5 Å². The summed E-state index contributed by atoms with van der Waals surface area (Å²) in [6, 6.07) is 19.7. The van der Waals surface area contributed by atoms with E-state index < -0.39 is 31.3 Å². The number of hydrogen-bond acceptors (Lipinski definition) is 8. The zero-order chi connectivity index (χ0) is 28.3. The molecule has 8 nitrogen and oxygen atoms in total.